The van der Waals surface area contributed by atoms with Gasteiger partial charge < -0.3 is 11.1 Å². The number of rotatable bonds is 3. The molecule has 2 rings (SSSR count). The molecule has 1 saturated carbocycles. The topological polar surface area (TPSA) is 55.9 Å². The molecule has 15 heavy (non-hydrogen) atoms. The second kappa shape index (κ2) is 3.48. The summed E-state index contributed by atoms with van der Waals surface area (Å²) in [5.74, 6) is 1.69. The first-order valence-corrected chi connectivity index (χ1v) is 5.51. The molecule has 82 valence electrons. The third kappa shape index (κ3) is 1.84. The number of hydrogen-bond donors (Lipinski definition) is 2. The molecule has 5 heteroatoms. The summed E-state index contributed by atoms with van der Waals surface area (Å²) >= 11 is 5.04. The highest BCUT2D eigenvalue weighted by Gasteiger charge is 2.34. The Balaban J connectivity index is 2.31. The van der Waals surface area contributed by atoms with E-state index in [1.54, 1.807) is 0 Å². The molecule has 0 saturated heterocycles. The lowest BCUT2D eigenvalue weighted by Crippen LogP contribution is -2.16. The Morgan fingerprint density at radius 1 is 1.67 bits per heavy atom. The molecule has 0 spiro atoms. The van der Waals surface area contributed by atoms with Crippen molar-refractivity contribution in [2.75, 3.05) is 5.32 Å². The fourth-order valence-electron chi connectivity index (χ4n) is 1.82. The molecular formula is C10H16N4S. The maximum atomic E-state index is 5.70. The molecule has 0 radical (unpaired) electrons. The first-order chi connectivity index (χ1) is 7.00. The molecule has 1 aliphatic carbocycles. The molecule has 1 fully saturated rings. The largest absolute Gasteiger partial charge is 0.389 e. The molecule has 1 aromatic rings. The minimum Gasteiger partial charge on any atom is -0.389 e. The Morgan fingerprint density at radius 2 is 2.27 bits per heavy atom. The van der Waals surface area contributed by atoms with Crippen LogP contribution in [0.15, 0.2) is 0 Å². The average Bonchev–Trinajstić information content (AvgIpc) is 2.71. The summed E-state index contributed by atoms with van der Waals surface area (Å²) in [5, 5.41) is 7.76. The minimum atomic E-state index is 0.413. The van der Waals surface area contributed by atoms with Crippen LogP contribution in [0.4, 0.5) is 5.82 Å². The average molecular weight is 224 g/mol. The maximum Gasteiger partial charge on any atom is 0.134 e. The predicted octanol–water partition coefficient (Wildman–Crippen LogP) is 1.18. The molecule has 4 nitrogen and oxygen atoms in total. The lowest BCUT2D eigenvalue weighted by molar-refractivity contribution is 0.754. The standard InChI is InChI=1S/C10H16N4S/c1-5-4-7(5)12-10-8(9(11)15)6(2)13-14(10)3/h5,7,12H,4H2,1-3H3,(H2,11,15). The Kier molecular flexibility index (Phi) is 2.42. The number of nitrogens with zero attached hydrogens (tertiary/aromatic N) is 2. The van der Waals surface area contributed by atoms with Crippen LogP contribution in [-0.2, 0) is 7.05 Å². The van der Waals surface area contributed by atoms with Crippen LogP contribution in [0, 0.1) is 12.8 Å². The number of nitrogens with two attached hydrogens (primary N) is 1. The van der Waals surface area contributed by atoms with Gasteiger partial charge in [-0.1, -0.05) is 19.1 Å². The SMILES string of the molecule is Cc1nn(C)c(NC2CC2C)c1C(N)=S. The third-order valence-corrected chi connectivity index (χ3v) is 3.10. The summed E-state index contributed by atoms with van der Waals surface area (Å²) < 4.78 is 1.81. The number of anilines is 1. The van der Waals surface area contributed by atoms with E-state index in [-0.39, 0.29) is 0 Å². The van der Waals surface area contributed by atoms with E-state index in [2.05, 4.69) is 17.3 Å². The van der Waals surface area contributed by atoms with E-state index in [4.69, 9.17) is 18.0 Å². The Labute approximate surface area is 94.8 Å². The molecular weight excluding hydrogens is 208 g/mol. The van der Waals surface area contributed by atoms with Crippen LogP contribution in [0.25, 0.3) is 0 Å². The van der Waals surface area contributed by atoms with Gasteiger partial charge in [-0.25, -0.2) is 0 Å². The summed E-state index contributed by atoms with van der Waals surface area (Å²) in [6.07, 6.45) is 1.21. The molecule has 2 atom stereocenters. The lowest BCUT2D eigenvalue weighted by Gasteiger charge is -2.07. The second-order valence-corrected chi connectivity index (χ2v) is 4.70. The zero-order valence-corrected chi connectivity index (χ0v) is 10.1. The molecule has 1 heterocycles. The quantitative estimate of drug-likeness (QED) is 0.757. The van der Waals surface area contributed by atoms with Gasteiger partial charge in [0.2, 0.25) is 0 Å². The zero-order valence-electron chi connectivity index (χ0n) is 9.24. The van der Waals surface area contributed by atoms with Crippen molar-refractivity contribution in [1.82, 2.24) is 9.78 Å². The van der Waals surface area contributed by atoms with E-state index in [0.717, 1.165) is 23.0 Å². The molecule has 2 unspecified atom stereocenters. The number of nitrogens with one attached hydrogen (secondary N) is 1. The van der Waals surface area contributed by atoms with Crippen molar-refractivity contribution in [3.63, 3.8) is 0 Å². The molecule has 0 aliphatic heterocycles. The van der Waals surface area contributed by atoms with Crippen molar-refractivity contribution in [2.24, 2.45) is 18.7 Å². The van der Waals surface area contributed by atoms with E-state index in [0.29, 0.717) is 11.0 Å². The minimum absolute atomic E-state index is 0.413. The number of aromatic nitrogens is 2. The van der Waals surface area contributed by atoms with Gasteiger partial charge in [0, 0.05) is 13.1 Å². The second-order valence-electron chi connectivity index (χ2n) is 4.26. The first-order valence-electron chi connectivity index (χ1n) is 5.10. The monoisotopic (exact) mass is 224 g/mol. The van der Waals surface area contributed by atoms with E-state index >= 15 is 0 Å². The fourth-order valence-corrected chi connectivity index (χ4v) is 2.06. The van der Waals surface area contributed by atoms with Gasteiger partial charge in [-0.05, 0) is 19.3 Å². The van der Waals surface area contributed by atoms with Crippen molar-refractivity contribution in [3.05, 3.63) is 11.3 Å². The van der Waals surface area contributed by atoms with E-state index in [1.807, 2.05) is 18.7 Å². The number of aryl methyl sites for hydroxylation is 2. The Bertz CT molecular complexity index is 410. The zero-order chi connectivity index (χ0) is 11.2. The molecule has 3 N–H and O–H groups in total. The van der Waals surface area contributed by atoms with Crippen molar-refractivity contribution in [2.45, 2.75) is 26.3 Å². The van der Waals surface area contributed by atoms with Crippen LogP contribution in [0.1, 0.15) is 24.6 Å². The van der Waals surface area contributed by atoms with Gasteiger partial charge in [-0.15, -0.1) is 0 Å². The van der Waals surface area contributed by atoms with E-state index < -0.39 is 0 Å². The highest BCUT2D eigenvalue weighted by atomic mass is 32.1. The summed E-state index contributed by atoms with van der Waals surface area (Å²) in [7, 11) is 1.91. The van der Waals surface area contributed by atoms with Crippen molar-refractivity contribution in [1.29, 1.82) is 0 Å². The van der Waals surface area contributed by atoms with Gasteiger partial charge in [-0.3, -0.25) is 4.68 Å². The maximum absolute atomic E-state index is 5.70. The third-order valence-electron chi connectivity index (χ3n) is 2.90. The Morgan fingerprint density at radius 3 is 2.73 bits per heavy atom. The van der Waals surface area contributed by atoms with Crippen LogP contribution in [-0.4, -0.2) is 20.8 Å². The van der Waals surface area contributed by atoms with Gasteiger partial charge in [0.05, 0.1) is 11.3 Å². The van der Waals surface area contributed by atoms with Gasteiger partial charge in [0.1, 0.15) is 10.8 Å². The number of thiocarbonyl (C=S) groups is 1. The first kappa shape index (κ1) is 10.4. The van der Waals surface area contributed by atoms with Gasteiger partial charge in [0.25, 0.3) is 0 Å². The summed E-state index contributed by atoms with van der Waals surface area (Å²) in [4.78, 5) is 0.413. The van der Waals surface area contributed by atoms with Crippen molar-refractivity contribution < 1.29 is 0 Å². The molecule has 1 aromatic heterocycles. The lowest BCUT2D eigenvalue weighted by atomic mass is 10.2. The van der Waals surface area contributed by atoms with Gasteiger partial charge in [-0.2, -0.15) is 5.10 Å². The van der Waals surface area contributed by atoms with E-state index in [9.17, 15) is 0 Å². The highest BCUT2D eigenvalue weighted by Crippen LogP contribution is 2.33. The smallest absolute Gasteiger partial charge is 0.134 e. The van der Waals surface area contributed by atoms with Crippen LogP contribution in [0.5, 0.6) is 0 Å². The van der Waals surface area contributed by atoms with Crippen molar-refractivity contribution in [3.8, 4) is 0 Å². The van der Waals surface area contributed by atoms with Gasteiger partial charge in [0.15, 0.2) is 0 Å². The van der Waals surface area contributed by atoms with Gasteiger partial charge >= 0.3 is 0 Å². The molecule has 0 aromatic carbocycles. The highest BCUT2D eigenvalue weighted by molar-refractivity contribution is 7.80. The predicted molar refractivity (Wildman–Crippen MR) is 65.0 cm³/mol. The van der Waals surface area contributed by atoms with Crippen LogP contribution >= 0.6 is 12.2 Å². The van der Waals surface area contributed by atoms with E-state index in [1.165, 1.54) is 6.42 Å². The van der Waals surface area contributed by atoms with Crippen LogP contribution in [0.3, 0.4) is 0 Å². The molecule has 1 aliphatic rings. The summed E-state index contributed by atoms with van der Waals surface area (Å²) in [5.41, 5.74) is 7.47. The van der Waals surface area contributed by atoms with Crippen LogP contribution < -0.4 is 11.1 Å². The normalized spacial score (nSPS) is 23.9. The molecule has 0 bridgehead atoms. The Hall–Kier alpha value is -1.10. The van der Waals surface area contributed by atoms with Crippen molar-refractivity contribution >= 4 is 23.0 Å². The summed E-state index contributed by atoms with van der Waals surface area (Å²) in [6, 6.07) is 0.549. The fraction of sp³-hybridized carbons (Fsp3) is 0.600. The number of hydrogen-bond acceptors (Lipinski definition) is 3. The van der Waals surface area contributed by atoms with Crippen LogP contribution in [0.2, 0.25) is 0 Å². The molecule has 0 amide bonds. The summed E-state index contributed by atoms with van der Waals surface area (Å²) in [6.45, 7) is 4.15.